The molecule has 1 atom stereocenters. The maximum absolute atomic E-state index is 13.0. The second-order valence-corrected chi connectivity index (χ2v) is 7.98. The molecule has 0 spiro atoms. The first-order chi connectivity index (χ1) is 16.0. The number of methoxy groups -OCH3 is 2. The van der Waals surface area contributed by atoms with Gasteiger partial charge in [-0.25, -0.2) is 4.68 Å². The van der Waals surface area contributed by atoms with Gasteiger partial charge in [0, 0.05) is 30.8 Å². The molecule has 2 heterocycles. The second kappa shape index (κ2) is 9.77. The van der Waals surface area contributed by atoms with Crippen LogP contribution in [0.1, 0.15) is 24.5 Å². The Morgan fingerprint density at radius 2 is 1.79 bits per heavy atom. The molecule has 1 fully saturated rings. The molecule has 2 amide bonds. The van der Waals surface area contributed by atoms with Crippen LogP contribution in [0.4, 0.5) is 11.5 Å². The van der Waals surface area contributed by atoms with Crippen molar-refractivity contribution in [3.8, 4) is 11.5 Å². The molecule has 1 unspecified atom stereocenters. The fraction of sp³-hybridized carbons (Fsp3) is 0.320. The SMILES string of the molecule is CCc1ccc(Cn2nccc2NC(=O)C2CC(=O)N(c3ccc(OC)c(OC)c3)C2)cc1. The van der Waals surface area contributed by atoms with E-state index in [4.69, 9.17) is 9.47 Å². The van der Waals surface area contributed by atoms with E-state index in [-0.39, 0.29) is 18.2 Å². The number of aryl methyl sites for hydroxylation is 1. The number of nitrogens with one attached hydrogen (secondary N) is 1. The Hall–Kier alpha value is -3.81. The van der Waals surface area contributed by atoms with E-state index in [2.05, 4.69) is 41.6 Å². The molecule has 4 rings (SSSR count). The van der Waals surface area contributed by atoms with E-state index in [1.165, 1.54) is 5.56 Å². The Bertz CT molecular complexity index is 1140. The van der Waals surface area contributed by atoms with Gasteiger partial charge in [0.25, 0.3) is 0 Å². The molecule has 1 saturated heterocycles. The normalized spacial score (nSPS) is 15.5. The summed E-state index contributed by atoms with van der Waals surface area (Å²) >= 11 is 0. The zero-order valence-electron chi connectivity index (χ0n) is 19.1. The predicted molar refractivity (Wildman–Crippen MR) is 126 cm³/mol. The summed E-state index contributed by atoms with van der Waals surface area (Å²) in [4.78, 5) is 27.2. The lowest BCUT2D eigenvalue weighted by Gasteiger charge is -2.18. The van der Waals surface area contributed by atoms with Gasteiger partial charge in [-0.15, -0.1) is 0 Å². The molecule has 33 heavy (non-hydrogen) atoms. The van der Waals surface area contributed by atoms with Crippen molar-refractivity contribution >= 4 is 23.3 Å². The smallest absolute Gasteiger partial charge is 0.230 e. The number of hydrogen-bond donors (Lipinski definition) is 1. The summed E-state index contributed by atoms with van der Waals surface area (Å²) in [5.74, 6) is 0.960. The van der Waals surface area contributed by atoms with Crippen LogP contribution < -0.4 is 19.7 Å². The molecule has 1 N–H and O–H groups in total. The third-order valence-electron chi connectivity index (χ3n) is 5.91. The molecule has 0 aliphatic carbocycles. The van der Waals surface area contributed by atoms with Crippen molar-refractivity contribution in [2.75, 3.05) is 31.0 Å². The molecule has 1 aliphatic heterocycles. The van der Waals surface area contributed by atoms with E-state index in [1.807, 2.05) is 0 Å². The third kappa shape index (κ3) is 4.84. The first-order valence-corrected chi connectivity index (χ1v) is 10.9. The monoisotopic (exact) mass is 448 g/mol. The topological polar surface area (TPSA) is 85.7 Å². The van der Waals surface area contributed by atoms with E-state index in [9.17, 15) is 9.59 Å². The van der Waals surface area contributed by atoms with Crippen LogP contribution in [-0.2, 0) is 22.6 Å². The van der Waals surface area contributed by atoms with Gasteiger partial charge in [-0.2, -0.15) is 5.10 Å². The Labute approximate surface area is 193 Å². The van der Waals surface area contributed by atoms with Gasteiger partial charge in [0.05, 0.1) is 32.9 Å². The largest absolute Gasteiger partial charge is 0.493 e. The summed E-state index contributed by atoms with van der Waals surface area (Å²) in [6.07, 6.45) is 2.79. The number of carbonyl (C=O) groups excluding carboxylic acids is 2. The van der Waals surface area contributed by atoms with Crippen molar-refractivity contribution in [2.24, 2.45) is 5.92 Å². The van der Waals surface area contributed by atoms with Crippen LogP contribution in [0.15, 0.2) is 54.7 Å². The number of anilines is 2. The van der Waals surface area contributed by atoms with E-state index in [0.29, 0.717) is 36.1 Å². The van der Waals surface area contributed by atoms with Crippen molar-refractivity contribution in [3.05, 3.63) is 65.9 Å². The van der Waals surface area contributed by atoms with Crippen LogP contribution in [0.5, 0.6) is 11.5 Å². The number of carbonyl (C=O) groups is 2. The lowest BCUT2D eigenvalue weighted by molar-refractivity contribution is -0.122. The Morgan fingerprint density at radius 1 is 1.06 bits per heavy atom. The predicted octanol–water partition coefficient (Wildman–Crippen LogP) is 3.50. The van der Waals surface area contributed by atoms with Crippen LogP contribution >= 0.6 is 0 Å². The number of nitrogens with zero attached hydrogens (tertiary/aromatic N) is 3. The van der Waals surface area contributed by atoms with Crippen LogP contribution in [-0.4, -0.2) is 42.4 Å². The summed E-state index contributed by atoms with van der Waals surface area (Å²) in [6, 6.07) is 15.4. The lowest BCUT2D eigenvalue weighted by Crippen LogP contribution is -2.28. The molecule has 8 heteroatoms. The second-order valence-electron chi connectivity index (χ2n) is 7.98. The van der Waals surface area contributed by atoms with Gasteiger partial charge in [-0.3, -0.25) is 9.59 Å². The minimum absolute atomic E-state index is 0.105. The highest BCUT2D eigenvalue weighted by Gasteiger charge is 2.35. The number of ether oxygens (including phenoxy) is 2. The van der Waals surface area contributed by atoms with Crippen molar-refractivity contribution in [1.29, 1.82) is 0 Å². The zero-order chi connectivity index (χ0) is 23.4. The van der Waals surface area contributed by atoms with Gasteiger partial charge >= 0.3 is 0 Å². The Morgan fingerprint density at radius 3 is 2.48 bits per heavy atom. The first kappa shape index (κ1) is 22.4. The minimum atomic E-state index is -0.460. The molecule has 0 radical (unpaired) electrons. The summed E-state index contributed by atoms with van der Waals surface area (Å²) in [7, 11) is 3.11. The number of amides is 2. The van der Waals surface area contributed by atoms with Crippen LogP contribution in [0, 0.1) is 5.92 Å². The first-order valence-electron chi connectivity index (χ1n) is 10.9. The maximum Gasteiger partial charge on any atom is 0.230 e. The van der Waals surface area contributed by atoms with Gasteiger partial charge in [-0.05, 0) is 29.7 Å². The standard InChI is InChI=1S/C25H28N4O4/c1-4-17-5-7-18(8-6-17)15-29-23(11-12-26-29)27-25(31)19-13-24(30)28(16-19)20-9-10-21(32-2)22(14-20)33-3/h5-12,14,19H,4,13,15-16H2,1-3H3,(H,27,31). The molecule has 172 valence electrons. The van der Waals surface area contributed by atoms with Crippen LogP contribution in [0.2, 0.25) is 0 Å². The molecule has 1 aromatic heterocycles. The van der Waals surface area contributed by atoms with Crippen molar-refractivity contribution < 1.29 is 19.1 Å². The fourth-order valence-corrected chi connectivity index (χ4v) is 3.97. The highest BCUT2D eigenvalue weighted by atomic mass is 16.5. The van der Waals surface area contributed by atoms with E-state index < -0.39 is 5.92 Å². The molecule has 1 aliphatic rings. The Balaban J connectivity index is 1.43. The molecular formula is C25H28N4O4. The summed E-state index contributed by atoms with van der Waals surface area (Å²) in [5.41, 5.74) is 3.05. The van der Waals surface area contributed by atoms with E-state index in [1.54, 1.807) is 54.3 Å². The van der Waals surface area contributed by atoms with Crippen molar-refractivity contribution in [1.82, 2.24) is 9.78 Å². The minimum Gasteiger partial charge on any atom is -0.493 e. The highest BCUT2D eigenvalue weighted by Crippen LogP contribution is 2.34. The quantitative estimate of drug-likeness (QED) is 0.570. The fourth-order valence-electron chi connectivity index (χ4n) is 3.97. The van der Waals surface area contributed by atoms with Crippen LogP contribution in [0.3, 0.4) is 0 Å². The number of hydrogen-bond acceptors (Lipinski definition) is 5. The van der Waals surface area contributed by atoms with Gasteiger partial charge in [0.15, 0.2) is 11.5 Å². The van der Waals surface area contributed by atoms with Crippen molar-refractivity contribution in [3.63, 3.8) is 0 Å². The van der Waals surface area contributed by atoms with Crippen LogP contribution in [0.25, 0.3) is 0 Å². The van der Waals surface area contributed by atoms with Gasteiger partial charge in [0.2, 0.25) is 11.8 Å². The van der Waals surface area contributed by atoms with Gasteiger partial charge in [-0.1, -0.05) is 31.2 Å². The number of rotatable bonds is 8. The number of aromatic nitrogens is 2. The van der Waals surface area contributed by atoms with E-state index in [0.717, 1.165) is 12.0 Å². The molecule has 0 bridgehead atoms. The third-order valence-corrected chi connectivity index (χ3v) is 5.91. The summed E-state index contributed by atoms with van der Waals surface area (Å²) in [5, 5.41) is 7.29. The molecule has 0 saturated carbocycles. The molecule has 3 aromatic rings. The van der Waals surface area contributed by atoms with Gasteiger partial charge < -0.3 is 19.7 Å². The summed E-state index contributed by atoms with van der Waals surface area (Å²) in [6.45, 7) is 2.97. The average Bonchev–Trinajstić information content (AvgIpc) is 3.45. The van der Waals surface area contributed by atoms with Gasteiger partial charge in [0.1, 0.15) is 5.82 Å². The highest BCUT2D eigenvalue weighted by molar-refractivity contribution is 6.03. The molecular weight excluding hydrogens is 420 g/mol. The lowest BCUT2D eigenvalue weighted by atomic mass is 10.1. The number of benzene rings is 2. The van der Waals surface area contributed by atoms with E-state index >= 15 is 0 Å². The maximum atomic E-state index is 13.0. The average molecular weight is 449 g/mol. The zero-order valence-corrected chi connectivity index (χ0v) is 19.1. The summed E-state index contributed by atoms with van der Waals surface area (Å²) < 4.78 is 12.4. The Kier molecular flexibility index (Phi) is 6.63. The molecule has 2 aromatic carbocycles. The van der Waals surface area contributed by atoms with Crippen molar-refractivity contribution in [2.45, 2.75) is 26.3 Å². The molecule has 8 nitrogen and oxygen atoms in total.